The molecular formula is C17H21BrN2O. The van der Waals surface area contributed by atoms with E-state index < -0.39 is 0 Å². The Hall–Kier alpha value is -1.39. The SMILES string of the molecule is Cc1cc(C(=O)CN(C)Cc2ccccc2Br)c(C)n1C. The number of likely N-dealkylation sites (N-methyl/N-ethyl adjacent to an activating group) is 1. The van der Waals surface area contributed by atoms with Crippen LogP contribution in [0.4, 0.5) is 0 Å². The monoisotopic (exact) mass is 348 g/mol. The zero-order chi connectivity index (χ0) is 15.6. The van der Waals surface area contributed by atoms with E-state index in [0.717, 1.165) is 28.0 Å². The van der Waals surface area contributed by atoms with Crippen molar-refractivity contribution in [3.8, 4) is 0 Å². The Bertz CT molecular complexity index is 661. The smallest absolute Gasteiger partial charge is 0.178 e. The van der Waals surface area contributed by atoms with Crippen LogP contribution in [0.1, 0.15) is 27.3 Å². The van der Waals surface area contributed by atoms with E-state index in [2.05, 4.69) is 26.6 Å². The van der Waals surface area contributed by atoms with Crippen LogP contribution in [-0.2, 0) is 13.6 Å². The summed E-state index contributed by atoms with van der Waals surface area (Å²) in [5, 5.41) is 0. The van der Waals surface area contributed by atoms with E-state index >= 15 is 0 Å². The lowest BCUT2D eigenvalue weighted by molar-refractivity contribution is 0.0942. The van der Waals surface area contributed by atoms with Crippen LogP contribution in [-0.4, -0.2) is 28.8 Å². The van der Waals surface area contributed by atoms with Gasteiger partial charge in [0.15, 0.2) is 5.78 Å². The molecule has 1 aromatic heterocycles. The van der Waals surface area contributed by atoms with Gasteiger partial charge in [0.1, 0.15) is 0 Å². The summed E-state index contributed by atoms with van der Waals surface area (Å²) in [6.45, 7) is 5.19. The maximum atomic E-state index is 12.4. The molecule has 2 rings (SSSR count). The lowest BCUT2D eigenvalue weighted by Gasteiger charge is -2.16. The summed E-state index contributed by atoms with van der Waals surface area (Å²) >= 11 is 3.55. The van der Waals surface area contributed by atoms with E-state index in [9.17, 15) is 4.79 Å². The van der Waals surface area contributed by atoms with Gasteiger partial charge >= 0.3 is 0 Å². The summed E-state index contributed by atoms with van der Waals surface area (Å²) in [6, 6.07) is 10.1. The number of aryl methyl sites for hydroxylation is 1. The molecule has 0 saturated heterocycles. The van der Waals surface area contributed by atoms with E-state index in [1.807, 2.05) is 57.1 Å². The second kappa shape index (κ2) is 6.58. The van der Waals surface area contributed by atoms with Gasteiger partial charge < -0.3 is 4.57 Å². The molecule has 2 aromatic rings. The number of halogens is 1. The molecule has 0 spiro atoms. The first kappa shape index (κ1) is 16.0. The predicted molar refractivity (Wildman–Crippen MR) is 89.7 cm³/mol. The molecule has 0 aliphatic carbocycles. The number of nitrogens with zero attached hydrogens (tertiary/aromatic N) is 2. The number of ketones is 1. The standard InChI is InChI=1S/C17H21BrN2O/c1-12-9-15(13(2)20(12)4)17(21)11-19(3)10-14-7-5-6-8-16(14)18/h5-9H,10-11H2,1-4H3. The largest absolute Gasteiger partial charge is 0.351 e. The highest BCUT2D eigenvalue weighted by atomic mass is 79.9. The molecule has 4 heteroatoms. The Morgan fingerprint density at radius 1 is 1.29 bits per heavy atom. The number of benzene rings is 1. The lowest BCUT2D eigenvalue weighted by atomic mass is 10.1. The number of hydrogen-bond acceptors (Lipinski definition) is 2. The second-order valence-corrected chi connectivity index (χ2v) is 6.39. The van der Waals surface area contributed by atoms with Crippen LogP contribution < -0.4 is 0 Å². The van der Waals surface area contributed by atoms with Gasteiger partial charge in [-0.3, -0.25) is 9.69 Å². The minimum absolute atomic E-state index is 0.172. The maximum absolute atomic E-state index is 12.4. The van der Waals surface area contributed by atoms with Gasteiger partial charge in [-0.15, -0.1) is 0 Å². The summed E-state index contributed by atoms with van der Waals surface area (Å²) in [5.74, 6) is 0.172. The minimum atomic E-state index is 0.172. The minimum Gasteiger partial charge on any atom is -0.351 e. The molecule has 0 unspecified atom stereocenters. The fraction of sp³-hybridized carbons (Fsp3) is 0.353. The molecule has 112 valence electrons. The number of aromatic nitrogens is 1. The highest BCUT2D eigenvalue weighted by molar-refractivity contribution is 9.10. The number of rotatable bonds is 5. The van der Waals surface area contributed by atoms with Gasteiger partial charge in [0.25, 0.3) is 0 Å². The predicted octanol–water partition coefficient (Wildman–Crippen LogP) is 3.72. The first-order valence-electron chi connectivity index (χ1n) is 6.98. The number of hydrogen-bond donors (Lipinski definition) is 0. The molecule has 0 saturated carbocycles. The van der Waals surface area contributed by atoms with Gasteiger partial charge in [-0.05, 0) is 38.6 Å². The summed E-state index contributed by atoms with van der Waals surface area (Å²) in [5.41, 5.74) is 4.17. The van der Waals surface area contributed by atoms with Crippen molar-refractivity contribution >= 4 is 21.7 Å². The molecule has 1 heterocycles. The highest BCUT2D eigenvalue weighted by Gasteiger charge is 2.16. The van der Waals surface area contributed by atoms with Crippen molar-refractivity contribution in [2.75, 3.05) is 13.6 Å². The molecule has 0 atom stereocenters. The lowest BCUT2D eigenvalue weighted by Crippen LogP contribution is -2.26. The number of Topliss-reactive ketones (excluding diaryl/α,β-unsaturated/α-hetero) is 1. The molecule has 0 fully saturated rings. The molecule has 0 N–H and O–H groups in total. The zero-order valence-corrected chi connectivity index (χ0v) is 14.6. The third-order valence-corrected chi connectivity index (χ3v) is 4.66. The van der Waals surface area contributed by atoms with Gasteiger partial charge in [-0.2, -0.15) is 0 Å². The highest BCUT2D eigenvalue weighted by Crippen LogP contribution is 2.18. The molecule has 0 aliphatic heterocycles. The van der Waals surface area contributed by atoms with Crippen LogP contribution in [0.3, 0.4) is 0 Å². The van der Waals surface area contributed by atoms with Gasteiger partial charge in [-0.25, -0.2) is 0 Å². The third-order valence-electron chi connectivity index (χ3n) is 3.89. The summed E-state index contributed by atoms with van der Waals surface area (Å²) in [4.78, 5) is 14.5. The fourth-order valence-electron chi connectivity index (χ4n) is 2.44. The van der Waals surface area contributed by atoms with Crippen molar-refractivity contribution in [2.24, 2.45) is 7.05 Å². The molecule has 0 aliphatic rings. The van der Waals surface area contributed by atoms with Crippen molar-refractivity contribution in [3.05, 3.63) is 57.3 Å². The Morgan fingerprint density at radius 2 is 1.95 bits per heavy atom. The van der Waals surface area contributed by atoms with E-state index in [4.69, 9.17) is 0 Å². The first-order valence-corrected chi connectivity index (χ1v) is 7.77. The third kappa shape index (κ3) is 3.63. The van der Waals surface area contributed by atoms with Gasteiger partial charge in [-0.1, -0.05) is 34.1 Å². The quantitative estimate of drug-likeness (QED) is 0.769. The van der Waals surface area contributed by atoms with Crippen LogP contribution in [0.25, 0.3) is 0 Å². The van der Waals surface area contributed by atoms with Crippen LogP contribution in [0.5, 0.6) is 0 Å². The van der Waals surface area contributed by atoms with Crippen molar-refractivity contribution in [2.45, 2.75) is 20.4 Å². The van der Waals surface area contributed by atoms with Crippen LogP contribution >= 0.6 is 15.9 Å². The average Bonchev–Trinajstić information content (AvgIpc) is 2.69. The Balaban J connectivity index is 2.06. The normalized spacial score (nSPS) is 11.1. The van der Waals surface area contributed by atoms with Crippen molar-refractivity contribution in [3.63, 3.8) is 0 Å². The Labute approximate surface area is 134 Å². The van der Waals surface area contributed by atoms with E-state index in [1.54, 1.807) is 0 Å². The Morgan fingerprint density at radius 3 is 2.52 bits per heavy atom. The van der Waals surface area contributed by atoms with Crippen molar-refractivity contribution in [1.29, 1.82) is 0 Å². The topological polar surface area (TPSA) is 25.2 Å². The van der Waals surface area contributed by atoms with Crippen LogP contribution in [0, 0.1) is 13.8 Å². The van der Waals surface area contributed by atoms with E-state index in [0.29, 0.717) is 6.54 Å². The molecule has 0 amide bonds. The number of carbonyl (C=O) groups is 1. The average molecular weight is 349 g/mol. The molecule has 3 nitrogen and oxygen atoms in total. The molecule has 0 radical (unpaired) electrons. The molecule has 21 heavy (non-hydrogen) atoms. The first-order chi connectivity index (χ1) is 9.90. The summed E-state index contributed by atoms with van der Waals surface area (Å²) in [7, 11) is 3.97. The van der Waals surface area contributed by atoms with E-state index in [-0.39, 0.29) is 5.78 Å². The van der Waals surface area contributed by atoms with Gasteiger partial charge in [0.2, 0.25) is 0 Å². The molecule has 0 bridgehead atoms. The van der Waals surface area contributed by atoms with Crippen molar-refractivity contribution < 1.29 is 4.79 Å². The van der Waals surface area contributed by atoms with E-state index in [1.165, 1.54) is 5.56 Å². The van der Waals surface area contributed by atoms with Crippen LogP contribution in [0.15, 0.2) is 34.8 Å². The number of carbonyl (C=O) groups excluding carboxylic acids is 1. The molecular weight excluding hydrogens is 328 g/mol. The summed E-state index contributed by atoms with van der Waals surface area (Å²) in [6.07, 6.45) is 0. The Kier molecular flexibility index (Phi) is 5.01. The van der Waals surface area contributed by atoms with Gasteiger partial charge in [0.05, 0.1) is 6.54 Å². The second-order valence-electron chi connectivity index (χ2n) is 5.53. The zero-order valence-electron chi connectivity index (χ0n) is 13.0. The maximum Gasteiger partial charge on any atom is 0.178 e. The summed E-state index contributed by atoms with van der Waals surface area (Å²) < 4.78 is 3.14. The van der Waals surface area contributed by atoms with Crippen LogP contribution in [0.2, 0.25) is 0 Å². The molecule has 1 aromatic carbocycles. The van der Waals surface area contributed by atoms with Gasteiger partial charge in [0, 0.05) is 35.0 Å². The van der Waals surface area contributed by atoms with Crippen molar-refractivity contribution in [1.82, 2.24) is 9.47 Å². The fourth-order valence-corrected chi connectivity index (χ4v) is 2.85.